The molecule has 0 atom stereocenters. The highest BCUT2D eigenvalue weighted by molar-refractivity contribution is 5.77. The number of carbonyl (C=O) groups is 2. The summed E-state index contributed by atoms with van der Waals surface area (Å²) in [5.41, 5.74) is 0.978. The van der Waals surface area contributed by atoms with Crippen molar-refractivity contribution < 1.29 is 14.0 Å². The average Bonchev–Trinajstić information content (AvgIpc) is 2.54. The lowest BCUT2D eigenvalue weighted by atomic mass is 9.92. The molecule has 1 saturated heterocycles. The Morgan fingerprint density at radius 3 is 2.35 bits per heavy atom. The molecule has 0 aromatic heterocycles. The van der Waals surface area contributed by atoms with Crippen LogP contribution in [0.15, 0.2) is 24.3 Å². The third-order valence-corrected chi connectivity index (χ3v) is 4.47. The van der Waals surface area contributed by atoms with Crippen molar-refractivity contribution in [1.82, 2.24) is 9.80 Å². The molecule has 126 valence electrons. The van der Waals surface area contributed by atoms with Crippen LogP contribution in [0.1, 0.15) is 31.2 Å². The van der Waals surface area contributed by atoms with Crippen molar-refractivity contribution in [2.45, 2.75) is 32.1 Å². The molecule has 1 fully saturated rings. The third-order valence-electron chi connectivity index (χ3n) is 4.47. The van der Waals surface area contributed by atoms with Crippen LogP contribution in [0, 0.1) is 11.7 Å². The highest BCUT2D eigenvalue weighted by Gasteiger charge is 2.24. The monoisotopic (exact) mass is 320 g/mol. The fourth-order valence-electron chi connectivity index (χ4n) is 2.88. The summed E-state index contributed by atoms with van der Waals surface area (Å²) < 4.78 is 12.9. The molecule has 1 aliphatic rings. The fourth-order valence-corrected chi connectivity index (χ4v) is 2.88. The maximum absolute atomic E-state index is 12.9. The smallest absolute Gasteiger partial charge is 0.222 e. The van der Waals surface area contributed by atoms with Gasteiger partial charge in [0, 0.05) is 40.0 Å². The van der Waals surface area contributed by atoms with Crippen LogP contribution in [0.4, 0.5) is 4.39 Å². The van der Waals surface area contributed by atoms with Crippen molar-refractivity contribution in [1.29, 1.82) is 0 Å². The van der Waals surface area contributed by atoms with Crippen LogP contribution in [0.2, 0.25) is 0 Å². The van der Waals surface area contributed by atoms with Crippen LogP contribution in [-0.4, -0.2) is 48.8 Å². The molecule has 5 heteroatoms. The largest absolute Gasteiger partial charge is 0.349 e. The first-order valence-electron chi connectivity index (χ1n) is 8.18. The summed E-state index contributed by atoms with van der Waals surface area (Å²) in [6.45, 7) is 1.46. The highest BCUT2D eigenvalue weighted by Crippen LogP contribution is 2.22. The summed E-state index contributed by atoms with van der Waals surface area (Å²) in [5.74, 6) is 0.429. The lowest BCUT2D eigenvalue weighted by Gasteiger charge is -2.32. The third kappa shape index (κ3) is 5.34. The molecule has 0 saturated carbocycles. The summed E-state index contributed by atoms with van der Waals surface area (Å²) in [4.78, 5) is 27.5. The van der Waals surface area contributed by atoms with Crippen LogP contribution in [0.25, 0.3) is 0 Å². The van der Waals surface area contributed by atoms with Gasteiger partial charge in [-0.05, 0) is 42.9 Å². The first-order chi connectivity index (χ1) is 11.0. The zero-order valence-corrected chi connectivity index (χ0v) is 13.9. The van der Waals surface area contributed by atoms with Crippen LogP contribution < -0.4 is 0 Å². The van der Waals surface area contributed by atoms with Gasteiger partial charge in [0.1, 0.15) is 5.82 Å². The van der Waals surface area contributed by atoms with E-state index in [-0.39, 0.29) is 17.6 Å². The van der Waals surface area contributed by atoms with E-state index in [1.54, 1.807) is 31.1 Å². The molecule has 1 heterocycles. The van der Waals surface area contributed by atoms with Crippen molar-refractivity contribution in [3.63, 3.8) is 0 Å². The maximum Gasteiger partial charge on any atom is 0.222 e. The normalized spacial score (nSPS) is 15.5. The van der Waals surface area contributed by atoms with Crippen molar-refractivity contribution in [2.75, 3.05) is 27.2 Å². The van der Waals surface area contributed by atoms with E-state index in [0.29, 0.717) is 25.2 Å². The Balaban J connectivity index is 1.73. The van der Waals surface area contributed by atoms with Crippen molar-refractivity contribution in [3.8, 4) is 0 Å². The molecule has 0 N–H and O–H groups in total. The number of carbonyl (C=O) groups excluding carboxylic acids is 2. The van der Waals surface area contributed by atoms with Gasteiger partial charge in [0.2, 0.25) is 11.8 Å². The second-order valence-electron chi connectivity index (χ2n) is 6.44. The molecule has 2 amide bonds. The number of amides is 2. The highest BCUT2D eigenvalue weighted by atomic mass is 19.1. The Morgan fingerprint density at radius 1 is 1.17 bits per heavy atom. The number of hydrogen-bond acceptors (Lipinski definition) is 2. The number of benzene rings is 1. The van der Waals surface area contributed by atoms with Crippen molar-refractivity contribution in [2.24, 2.45) is 5.92 Å². The number of aryl methyl sites for hydroxylation is 1. The Labute approximate surface area is 137 Å². The summed E-state index contributed by atoms with van der Waals surface area (Å²) in [5, 5.41) is 0. The second kappa shape index (κ2) is 8.09. The van der Waals surface area contributed by atoms with Gasteiger partial charge < -0.3 is 9.80 Å². The average molecular weight is 320 g/mol. The maximum atomic E-state index is 12.9. The standard InChI is InChI=1S/C18H25FN2O2/c1-20(2)18(23)13-15-9-11-21(12-10-15)17(22)8-5-14-3-6-16(19)7-4-14/h3-4,6-7,15H,5,8-13H2,1-2H3. The van der Waals surface area contributed by atoms with Crippen LogP contribution in [-0.2, 0) is 16.0 Å². The number of likely N-dealkylation sites (tertiary alicyclic amines) is 1. The van der Waals surface area contributed by atoms with E-state index in [1.165, 1.54) is 12.1 Å². The van der Waals surface area contributed by atoms with Gasteiger partial charge in [0.15, 0.2) is 0 Å². The predicted molar refractivity (Wildman–Crippen MR) is 87.3 cm³/mol. The molecule has 0 bridgehead atoms. The summed E-state index contributed by atoms with van der Waals surface area (Å²) in [6, 6.07) is 6.30. The minimum Gasteiger partial charge on any atom is -0.349 e. The molecular formula is C18H25FN2O2. The van der Waals surface area contributed by atoms with E-state index < -0.39 is 0 Å². The summed E-state index contributed by atoms with van der Waals surface area (Å²) >= 11 is 0. The topological polar surface area (TPSA) is 40.6 Å². The predicted octanol–water partition coefficient (Wildman–Crippen LogP) is 2.48. The second-order valence-corrected chi connectivity index (χ2v) is 6.44. The van der Waals surface area contributed by atoms with Gasteiger partial charge in [0.25, 0.3) is 0 Å². The van der Waals surface area contributed by atoms with E-state index in [0.717, 1.165) is 31.5 Å². The van der Waals surface area contributed by atoms with E-state index in [1.807, 2.05) is 4.90 Å². The lowest BCUT2D eigenvalue weighted by molar-refractivity contribution is -0.133. The van der Waals surface area contributed by atoms with Gasteiger partial charge in [-0.15, -0.1) is 0 Å². The summed E-state index contributed by atoms with van der Waals surface area (Å²) in [7, 11) is 3.55. The number of nitrogens with zero attached hydrogens (tertiary/aromatic N) is 2. The first kappa shape index (κ1) is 17.4. The van der Waals surface area contributed by atoms with E-state index in [2.05, 4.69) is 0 Å². The molecule has 1 aromatic rings. The van der Waals surface area contributed by atoms with Gasteiger partial charge in [0.05, 0.1) is 0 Å². The molecule has 0 radical (unpaired) electrons. The Morgan fingerprint density at radius 2 is 1.78 bits per heavy atom. The molecule has 2 rings (SSSR count). The van der Waals surface area contributed by atoms with E-state index in [9.17, 15) is 14.0 Å². The minimum absolute atomic E-state index is 0.145. The molecule has 1 aromatic carbocycles. The quantitative estimate of drug-likeness (QED) is 0.836. The van der Waals surface area contributed by atoms with Gasteiger partial charge in [-0.3, -0.25) is 9.59 Å². The molecule has 1 aliphatic heterocycles. The SMILES string of the molecule is CN(C)C(=O)CC1CCN(C(=O)CCc2ccc(F)cc2)CC1. The number of rotatable bonds is 5. The minimum atomic E-state index is -0.255. The van der Waals surface area contributed by atoms with Crippen LogP contribution in [0.5, 0.6) is 0 Å². The van der Waals surface area contributed by atoms with E-state index >= 15 is 0 Å². The van der Waals surface area contributed by atoms with Crippen molar-refractivity contribution in [3.05, 3.63) is 35.6 Å². The Kier molecular flexibility index (Phi) is 6.13. The van der Waals surface area contributed by atoms with Gasteiger partial charge >= 0.3 is 0 Å². The zero-order valence-electron chi connectivity index (χ0n) is 13.9. The van der Waals surface area contributed by atoms with Gasteiger partial charge in [-0.2, -0.15) is 0 Å². The van der Waals surface area contributed by atoms with Crippen LogP contribution >= 0.6 is 0 Å². The van der Waals surface area contributed by atoms with Gasteiger partial charge in [-0.1, -0.05) is 12.1 Å². The van der Waals surface area contributed by atoms with E-state index in [4.69, 9.17) is 0 Å². The molecule has 4 nitrogen and oxygen atoms in total. The zero-order chi connectivity index (χ0) is 16.8. The lowest BCUT2D eigenvalue weighted by Crippen LogP contribution is -2.39. The molecule has 23 heavy (non-hydrogen) atoms. The number of halogens is 1. The van der Waals surface area contributed by atoms with Crippen molar-refractivity contribution >= 4 is 11.8 Å². The fraction of sp³-hybridized carbons (Fsp3) is 0.556. The Bertz CT molecular complexity index is 534. The molecular weight excluding hydrogens is 295 g/mol. The number of hydrogen-bond donors (Lipinski definition) is 0. The Hall–Kier alpha value is -1.91. The molecule has 0 unspecified atom stereocenters. The first-order valence-corrected chi connectivity index (χ1v) is 8.18. The number of piperidine rings is 1. The van der Waals surface area contributed by atoms with Crippen LogP contribution in [0.3, 0.4) is 0 Å². The molecule has 0 spiro atoms. The summed E-state index contributed by atoms with van der Waals surface area (Å²) in [6.07, 6.45) is 3.44. The van der Waals surface area contributed by atoms with Gasteiger partial charge in [-0.25, -0.2) is 4.39 Å². The molecule has 0 aliphatic carbocycles.